The smallest absolute Gasteiger partial charge is 0.407 e. The van der Waals surface area contributed by atoms with Gasteiger partial charge in [-0.15, -0.1) is 0 Å². The molecule has 0 unspecified atom stereocenters. The van der Waals surface area contributed by atoms with Gasteiger partial charge in [-0.1, -0.05) is 33.8 Å². The third-order valence-electron chi connectivity index (χ3n) is 11.8. The zero-order valence-corrected chi connectivity index (χ0v) is 33.8. The molecule has 306 valence electrons. The first-order valence-electron chi connectivity index (χ1n) is 20.1. The Kier molecular flexibility index (Phi) is 10.5. The Balaban J connectivity index is 0.993. The maximum atomic E-state index is 13.7. The van der Waals surface area contributed by atoms with Gasteiger partial charge in [-0.3, -0.25) is 9.59 Å². The molecule has 4 N–H and O–H groups in total. The molecule has 4 aliphatic rings. The summed E-state index contributed by atoms with van der Waals surface area (Å²) in [4.78, 5) is 73.8. The van der Waals surface area contributed by atoms with E-state index in [9.17, 15) is 19.2 Å². The normalized spacial score (nSPS) is 19.1. The molecule has 58 heavy (non-hydrogen) atoms. The monoisotopic (exact) mass is 793 g/mol. The third kappa shape index (κ3) is 6.98. The molecule has 0 spiro atoms. The number of alkyl carbamates (subject to hydrolysis) is 2. The number of aromatic amines is 2. The number of rotatable bonds is 10. The Morgan fingerprint density at radius 3 is 1.90 bits per heavy atom. The lowest BCUT2D eigenvalue weighted by molar-refractivity contribution is -0.136. The first-order valence-corrected chi connectivity index (χ1v) is 20.1. The molecule has 4 aromatic rings. The van der Waals surface area contributed by atoms with Crippen LogP contribution in [0.1, 0.15) is 82.7 Å². The number of fused-ring (bicyclic) bond motifs is 2. The third-order valence-corrected chi connectivity index (χ3v) is 11.8. The highest BCUT2D eigenvalue weighted by molar-refractivity contribution is 5.89. The molecule has 2 aromatic heterocycles. The maximum absolute atomic E-state index is 13.7. The fourth-order valence-corrected chi connectivity index (χ4v) is 8.86. The highest BCUT2D eigenvalue weighted by Crippen LogP contribution is 2.54. The number of aromatic nitrogens is 4. The van der Waals surface area contributed by atoms with Crippen LogP contribution in [-0.2, 0) is 25.5 Å². The minimum Gasteiger partial charge on any atom is -0.453 e. The maximum Gasteiger partial charge on any atom is 0.407 e. The highest BCUT2D eigenvalue weighted by atomic mass is 16.5. The summed E-state index contributed by atoms with van der Waals surface area (Å²) in [6.07, 6.45) is 6.40. The number of ether oxygens (including phenoxy) is 3. The summed E-state index contributed by atoms with van der Waals surface area (Å²) in [5.74, 6) is 2.41. The number of amides is 4. The Bertz CT molecular complexity index is 2230. The molecular weight excluding hydrogens is 743 g/mol. The second kappa shape index (κ2) is 15.7. The van der Waals surface area contributed by atoms with E-state index in [1.165, 1.54) is 19.8 Å². The summed E-state index contributed by atoms with van der Waals surface area (Å²) in [5.41, 5.74) is 6.82. The number of methoxy groups -OCH3 is 2. The summed E-state index contributed by atoms with van der Waals surface area (Å²) < 4.78 is 16.1. The lowest BCUT2D eigenvalue weighted by Crippen LogP contribution is -2.51. The van der Waals surface area contributed by atoms with Crippen LogP contribution in [0.2, 0.25) is 0 Å². The van der Waals surface area contributed by atoms with Crippen molar-refractivity contribution in [3.05, 3.63) is 59.9 Å². The molecule has 4 atom stereocenters. The van der Waals surface area contributed by atoms with E-state index in [0.29, 0.717) is 18.9 Å². The minimum absolute atomic E-state index is 0.116. The SMILES string of the molecule is COC(=O)N[C@H](C(=O)N1CCC[C@H]1c1ncc(-c2ccc3c(c2)Oc2ccc(-c4cnc([C@@H]5CCCN5C(=O)[C@@H](NC(=O)OC)C(C)C)[nH]4)c4c2N3CC4)[nH]1)C(C)C. The number of nitrogens with zero attached hydrogens (tertiary/aromatic N) is 5. The van der Waals surface area contributed by atoms with Crippen molar-refractivity contribution in [2.24, 2.45) is 11.8 Å². The van der Waals surface area contributed by atoms with Gasteiger partial charge in [0.15, 0.2) is 11.5 Å². The lowest BCUT2D eigenvalue weighted by atomic mass is 10.0. The van der Waals surface area contributed by atoms with Crippen molar-refractivity contribution in [3.63, 3.8) is 0 Å². The minimum atomic E-state index is -0.704. The van der Waals surface area contributed by atoms with Crippen LogP contribution >= 0.6 is 0 Å². The van der Waals surface area contributed by atoms with Crippen molar-refractivity contribution in [2.75, 3.05) is 38.8 Å². The average Bonchev–Trinajstić information content (AvgIpc) is 4.07. The predicted octanol–water partition coefficient (Wildman–Crippen LogP) is 6.35. The van der Waals surface area contributed by atoms with E-state index in [0.717, 1.165) is 89.9 Å². The molecule has 2 aromatic carbocycles. The topological polar surface area (TPSA) is 187 Å². The molecular formula is C42H51N9O7. The van der Waals surface area contributed by atoms with Gasteiger partial charge in [-0.2, -0.15) is 0 Å². The van der Waals surface area contributed by atoms with Crippen molar-refractivity contribution < 1.29 is 33.4 Å². The molecule has 4 amide bonds. The lowest BCUT2D eigenvalue weighted by Gasteiger charge is -2.30. The molecule has 6 heterocycles. The van der Waals surface area contributed by atoms with E-state index in [-0.39, 0.29) is 35.7 Å². The van der Waals surface area contributed by atoms with Gasteiger partial charge in [0.05, 0.1) is 61.5 Å². The van der Waals surface area contributed by atoms with Crippen LogP contribution in [0.3, 0.4) is 0 Å². The van der Waals surface area contributed by atoms with Crippen LogP contribution in [0.5, 0.6) is 11.5 Å². The van der Waals surface area contributed by atoms with Crippen molar-refractivity contribution >= 4 is 35.4 Å². The van der Waals surface area contributed by atoms with Crippen LogP contribution in [-0.4, -0.2) is 99.7 Å². The van der Waals surface area contributed by atoms with Gasteiger partial charge in [0, 0.05) is 30.8 Å². The van der Waals surface area contributed by atoms with Crippen molar-refractivity contribution in [1.29, 1.82) is 0 Å². The fourth-order valence-electron chi connectivity index (χ4n) is 8.86. The number of likely N-dealkylation sites (tertiary alicyclic amines) is 2. The highest BCUT2D eigenvalue weighted by Gasteiger charge is 2.40. The molecule has 16 nitrogen and oxygen atoms in total. The summed E-state index contributed by atoms with van der Waals surface area (Å²) in [6.45, 7) is 9.55. The molecule has 0 saturated carbocycles. The van der Waals surface area contributed by atoms with Gasteiger partial charge in [0.25, 0.3) is 0 Å². The van der Waals surface area contributed by atoms with E-state index in [1.807, 2.05) is 50.9 Å². The van der Waals surface area contributed by atoms with E-state index < -0.39 is 24.3 Å². The molecule has 16 heteroatoms. The number of nitrogens with one attached hydrogen (secondary N) is 4. The van der Waals surface area contributed by atoms with Crippen molar-refractivity contribution in [3.8, 4) is 34.0 Å². The van der Waals surface area contributed by atoms with Crippen LogP contribution in [0.4, 0.5) is 21.0 Å². The second-order valence-corrected chi connectivity index (χ2v) is 16.1. The summed E-state index contributed by atoms with van der Waals surface area (Å²) in [7, 11) is 2.58. The van der Waals surface area contributed by atoms with Crippen LogP contribution in [0.25, 0.3) is 22.5 Å². The zero-order chi connectivity index (χ0) is 40.8. The standard InChI is InChI=1S/C42H51N9O7/c1-22(2)34(47-41(54)56-5)39(52)50-16-7-9-30(50)37-43-20-27(45-37)24-11-13-29-33(19-24)58-32-14-12-25(26-15-18-49(29)36(26)32)28-21-44-38(46-28)31-10-8-17-51(31)40(53)35(23(3)4)48-42(55)57-6/h11-14,19-23,30-31,34-35H,7-10,15-18H2,1-6H3,(H,43,45)(H,44,46)(H,47,54)(H,48,55)/t30-,31-,34-,35-/m0/s1. The summed E-state index contributed by atoms with van der Waals surface area (Å²) >= 11 is 0. The first-order chi connectivity index (χ1) is 28.0. The number of anilines is 2. The van der Waals surface area contributed by atoms with Crippen molar-refractivity contribution in [1.82, 2.24) is 40.4 Å². The van der Waals surface area contributed by atoms with E-state index in [1.54, 1.807) is 11.1 Å². The Labute approximate surface area is 337 Å². The number of carbonyl (C=O) groups is 4. The van der Waals surface area contributed by atoms with E-state index in [4.69, 9.17) is 24.2 Å². The molecule has 0 aliphatic carbocycles. The van der Waals surface area contributed by atoms with E-state index in [2.05, 4.69) is 43.7 Å². The van der Waals surface area contributed by atoms with Gasteiger partial charge >= 0.3 is 12.2 Å². The number of H-pyrrole nitrogens is 2. The van der Waals surface area contributed by atoms with Crippen LogP contribution in [0.15, 0.2) is 42.7 Å². The van der Waals surface area contributed by atoms with Gasteiger partial charge < -0.3 is 49.5 Å². The van der Waals surface area contributed by atoms with E-state index >= 15 is 0 Å². The number of carbonyl (C=O) groups excluding carboxylic acids is 4. The first kappa shape index (κ1) is 38.8. The van der Waals surface area contributed by atoms with Crippen LogP contribution < -0.4 is 20.3 Å². The molecule has 2 saturated heterocycles. The molecule has 0 bridgehead atoms. The molecule has 4 aliphatic heterocycles. The predicted molar refractivity (Wildman–Crippen MR) is 215 cm³/mol. The van der Waals surface area contributed by atoms with Crippen molar-refractivity contribution in [2.45, 2.75) is 84.0 Å². The molecule has 0 radical (unpaired) electrons. The van der Waals surface area contributed by atoms with Crippen LogP contribution in [0, 0.1) is 11.8 Å². The Morgan fingerprint density at radius 2 is 1.33 bits per heavy atom. The summed E-state index contributed by atoms with van der Waals surface area (Å²) in [5, 5.41) is 5.42. The number of benzene rings is 2. The Morgan fingerprint density at radius 1 is 0.759 bits per heavy atom. The zero-order valence-electron chi connectivity index (χ0n) is 33.8. The summed E-state index contributed by atoms with van der Waals surface area (Å²) in [6, 6.07) is 8.35. The Hall–Kier alpha value is -6.06. The number of hydrogen-bond acceptors (Lipinski definition) is 10. The van der Waals surface area contributed by atoms with Gasteiger partial charge in [-0.25, -0.2) is 19.6 Å². The fraction of sp³-hybridized carbons (Fsp3) is 0.476. The van der Waals surface area contributed by atoms with Gasteiger partial charge in [-0.05, 0) is 73.8 Å². The number of hydrogen-bond donors (Lipinski definition) is 4. The largest absolute Gasteiger partial charge is 0.453 e. The second-order valence-electron chi connectivity index (χ2n) is 16.1. The van der Waals surface area contributed by atoms with Gasteiger partial charge in [0.1, 0.15) is 23.7 Å². The average molecular weight is 794 g/mol. The quantitative estimate of drug-likeness (QED) is 0.141. The molecule has 2 fully saturated rings. The van der Waals surface area contributed by atoms with Gasteiger partial charge in [0.2, 0.25) is 11.8 Å². The molecule has 8 rings (SSSR count). The number of imidazole rings is 2.